The molecule has 0 bridgehead atoms. The number of aromatic nitrogens is 1. The van der Waals surface area contributed by atoms with E-state index in [-0.39, 0.29) is 24.4 Å². The minimum absolute atomic E-state index is 0.0311. The van der Waals surface area contributed by atoms with Gasteiger partial charge in [0.2, 0.25) is 11.8 Å². The Bertz CT molecular complexity index is 1990. The normalized spacial score (nSPS) is 13.3. The Morgan fingerprint density at radius 3 is 2.12 bits per heavy atom. The van der Waals surface area contributed by atoms with E-state index in [1.54, 1.807) is 18.2 Å². The average Bonchev–Trinajstić information content (AvgIpc) is 3.06. The second kappa shape index (κ2) is 15.1. The van der Waals surface area contributed by atoms with E-state index in [9.17, 15) is 24.3 Å². The van der Waals surface area contributed by atoms with E-state index in [1.165, 1.54) is 6.07 Å². The summed E-state index contributed by atoms with van der Waals surface area (Å²) in [5.41, 5.74) is 7.54. The van der Waals surface area contributed by atoms with Gasteiger partial charge in [-0.25, -0.2) is 4.98 Å². The summed E-state index contributed by atoms with van der Waals surface area (Å²) in [7, 11) is 0. The van der Waals surface area contributed by atoms with Gasteiger partial charge in [0.1, 0.15) is 11.7 Å². The number of benzene rings is 4. The molecular weight excluding hydrogens is 618 g/mol. The number of fused-ring (bicyclic) bond motifs is 2. The van der Waals surface area contributed by atoms with Crippen molar-refractivity contribution < 1.29 is 24.3 Å². The molecule has 5 rings (SSSR count). The van der Waals surface area contributed by atoms with E-state index < -0.39 is 47.9 Å². The number of carbonyl (C=O) groups is 4. The van der Waals surface area contributed by atoms with E-state index in [4.69, 9.17) is 5.73 Å². The Labute approximate surface area is 285 Å². The second-order valence-electron chi connectivity index (χ2n) is 13.2. The third kappa shape index (κ3) is 9.05. The molecule has 0 aliphatic rings. The van der Waals surface area contributed by atoms with Gasteiger partial charge in [0.05, 0.1) is 29.6 Å². The number of hydrogen-bond acceptors (Lipinski definition) is 6. The van der Waals surface area contributed by atoms with Crippen molar-refractivity contribution in [2.24, 2.45) is 5.73 Å². The van der Waals surface area contributed by atoms with Crippen LogP contribution < -0.4 is 21.7 Å². The monoisotopic (exact) mass is 659 g/mol. The Morgan fingerprint density at radius 2 is 1.41 bits per heavy atom. The zero-order valence-corrected chi connectivity index (χ0v) is 27.8. The fraction of sp³-hybridized carbons (Fsp3) is 0.256. The van der Waals surface area contributed by atoms with E-state index in [0.29, 0.717) is 16.6 Å². The molecule has 1 aromatic heterocycles. The van der Waals surface area contributed by atoms with Crippen molar-refractivity contribution in [3.05, 3.63) is 126 Å². The van der Waals surface area contributed by atoms with Crippen LogP contribution in [0, 0.1) is 0 Å². The molecule has 5 aromatic rings. The van der Waals surface area contributed by atoms with Crippen LogP contribution in [0.25, 0.3) is 21.7 Å². The molecule has 0 aliphatic carbocycles. The van der Waals surface area contributed by atoms with Crippen molar-refractivity contribution in [3.8, 4) is 0 Å². The number of amides is 4. The SMILES string of the molecule is CC(C)(C)NC(=O)c1c(C[C@H](O)[C@H](Cc2ccccc2)NC(=O)[C@H](CC(N)=O)NC(=O)c2ccc3ccccc3n2)ccc2ccccc12. The predicted octanol–water partition coefficient (Wildman–Crippen LogP) is 4.22. The highest BCUT2D eigenvalue weighted by atomic mass is 16.3. The molecule has 49 heavy (non-hydrogen) atoms. The van der Waals surface area contributed by atoms with Crippen LogP contribution in [0.15, 0.2) is 103 Å². The van der Waals surface area contributed by atoms with E-state index in [0.717, 1.165) is 21.7 Å². The lowest BCUT2D eigenvalue weighted by molar-refractivity contribution is -0.128. The first-order chi connectivity index (χ1) is 23.4. The molecule has 1 heterocycles. The molecule has 10 heteroatoms. The van der Waals surface area contributed by atoms with Gasteiger partial charge in [0.15, 0.2) is 0 Å². The van der Waals surface area contributed by atoms with Crippen LogP contribution in [0.3, 0.4) is 0 Å². The highest BCUT2D eigenvalue weighted by Gasteiger charge is 2.30. The van der Waals surface area contributed by atoms with Crippen LogP contribution in [0.4, 0.5) is 0 Å². The van der Waals surface area contributed by atoms with Gasteiger partial charge >= 0.3 is 0 Å². The number of primary amides is 1. The van der Waals surface area contributed by atoms with Crippen molar-refractivity contribution in [2.75, 3.05) is 0 Å². The molecule has 10 nitrogen and oxygen atoms in total. The zero-order chi connectivity index (χ0) is 35.1. The minimum Gasteiger partial charge on any atom is -0.391 e. The number of nitrogens with zero attached hydrogens (tertiary/aromatic N) is 1. The van der Waals surface area contributed by atoms with Crippen LogP contribution in [0.1, 0.15) is 59.2 Å². The van der Waals surface area contributed by atoms with Crippen LogP contribution in [-0.4, -0.2) is 57.4 Å². The van der Waals surface area contributed by atoms with Crippen molar-refractivity contribution in [1.82, 2.24) is 20.9 Å². The number of pyridine rings is 1. The summed E-state index contributed by atoms with van der Waals surface area (Å²) in [6.45, 7) is 5.69. The quantitative estimate of drug-likeness (QED) is 0.135. The lowest BCUT2D eigenvalue weighted by Crippen LogP contribution is -2.54. The Morgan fingerprint density at radius 1 is 0.755 bits per heavy atom. The number of hydrogen-bond donors (Lipinski definition) is 5. The van der Waals surface area contributed by atoms with Crippen molar-refractivity contribution >= 4 is 45.3 Å². The third-order valence-electron chi connectivity index (χ3n) is 8.11. The topological polar surface area (TPSA) is 164 Å². The number of nitrogens with one attached hydrogen (secondary N) is 3. The predicted molar refractivity (Wildman–Crippen MR) is 190 cm³/mol. The van der Waals surface area contributed by atoms with Gasteiger partial charge in [-0.3, -0.25) is 19.2 Å². The molecule has 252 valence electrons. The summed E-state index contributed by atoms with van der Waals surface area (Å²) in [5, 5.41) is 22.7. The van der Waals surface area contributed by atoms with E-state index in [1.807, 2.05) is 99.6 Å². The number of aliphatic hydroxyl groups excluding tert-OH is 1. The Hall–Kier alpha value is -5.61. The molecule has 6 N–H and O–H groups in total. The molecule has 0 saturated heterocycles. The lowest BCUT2D eigenvalue weighted by atomic mass is 9.90. The zero-order valence-electron chi connectivity index (χ0n) is 27.8. The van der Waals surface area contributed by atoms with Crippen LogP contribution >= 0.6 is 0 Å². The maximum Gasteiger partial charge on any atom is 0.270 e. The molecule has 0 radical (unpaired) electrons. The largest absolute Gasteiger partial charge is 0.391 e. The summed E-state index contributed by atoms with van der Waals surface area (Å²) >= 11 is 0. The Balaban J connectivity index is 1.43. The number of rotatable bonds is 12. The molecule has 4 amide bonds. The van der Waals surface area contributed by atoms with Gasteiger partial charge in [0.25, 0.3) is 11.8 Å². The van der Waals surface area contributed by atoms with E-state index in [2.05, 4.69) is 20.9 Å². The maximum atomic E-state index is 13.8. The summed E-state index contributed by atoms with van der Waals surface area (Å²) in [4.78, 5) is 57.1. The summed E-state index contributed by atoms with van der Waals surface area (Å²) < 4.78 is 0. The summed E-state index contributed by atoms with van der Waals surface area (Å²) in [6.07, 6.45) is -1.38. The third-order valence-corrected chi connectivity index (χ3v) is 8.11. The number of para-hydroxylation sites is 1. The molecule has 0 saturated carbocycles. The lowest BCUT2D eigenvalue weighted by Gasteiger charge is -2.28. The first kappa shape index (κ1) is 34.7. The van der Waals surface area contributed by atoms with Gasteiger partial charge in [-0.05, 0) is 61.2 Å². The molecule has 0 aliphatic heterocycles. The molecule has 0 unspecified atom stereocenters. The molecule has 4 aromatic carbocycles. The Kier molecular flexibility index (Phi) is 10.7. The van der Waals surface area contributed by atoms with Crippen molar-refractivity contribution in [2.45, 2.75) is 63.8 Å². The highest BCUT2D eigenvalue weighted by Crippen LogP contribution is 2.25. The van der Waals surface area contributed by atoms with Crippen LogP contribution in [0.2, 0.25) is 0 Å². The first-order valence-electron chi connectivity index (χ1n) is 16.2. The van der Waals surface area contributed by atoms with Gasteiger partial charge < -0.3 is 26.8 Å². The summed E-state index contributed by atoms with van der Waals surface area (Å²) in [5.74, 6) is -2.42. The molecule has 3 atom stereocenters. The highest BCUT2D eigenvalue weighted by molar-refractivity contribution is 6.08. The minimum atomic E-state index is -1.34. The summed E-state index contributed by atoms with van der Waals surface area (Å²) in [6, 6.07) is 28.9. The number of aliphatic hydroxyl groups is 1. The van der Waals surface area contributed by atoms with Crippen LogP contribution in [-0.2, 0) is 22.4 Å². The fourth-order valence-electron chi connectivity index (χ4n) is 5.80. The fourth-order valence-corrected chi connectivity index (χ4v) is 5.80. The molecule has 0 spiro atoms. The number of carbonyl (C=O) groups excluding carboxylic acids is 4. The average molecular weight is 660 g/mol. The van der Waals surface area contributed by atoms with E-state index >= 15 is 0 Å². The van der Waals surface area contributed by atoms with Crippen molar-refractivity contribution in [3.63, 3.8) is 0 Å². The maximum absolute atomic E-state index is 13.8. The van der Waals surface area contributed by atoms with Gasteiger partial charge in [-0.1, -0.05) is 91.0 Å². The molecule has 0 fully saturated rings. The van der Waals surface area contributed by atoms with Crippen LogP contribution in [0.5, 0.6) is 0 Å². The number of nitrogens with two attached hydrogens (primary N) is 1. The van der Waals surface area contributed by atoms with Gasteiger partial charge in [-0.15, -0.1) is 0 Å². The standard InChI is InChI=1S/C39H41N5O5/c1-39(2,3)44-38(49)35-27(18-17-25-13-7-9-15-28(25)35)22-33(45)31(21-24-11-5-4-6-12-24)42-37(48)32(23-34(40)46)43-36(47)30-20-19-26-14-8-10-16-29(26)41-30/h4-20,31-33,45H,21-23H2,1-3H3,(H2,40,46)(H,42,48)(H,43,47)(H,44,49)/t31-,32-,33-/m0/s1. The van der Waals surface area contributed by atoms with Crippen molar-refractivity contribution in [1.29, 1.82) is 0 Å². The smallest absolute Gasteiger partial charge is 0.270 e. The van der Waals surface area contributed by atoms with Gasteiger partial charge in [-0.2, -0.15) is 0 Å². The van der Waals surface area contributed by atoms with Gasteiger partial charge in [0, 0.05) is 17.3 Å². The first-order valence-corrected chi connectivity index (χ1v) is 16.2. The molecular formula is C39H41N5O5. The second-order valence-corrected chi connectivity index (χ2v) is 13.2.